The summed E-state index contributed by atoms with van der Waals surface area (Å²) in [5, 5.41) is 1.19. The lowest BCUT2D eigenvalue weighted by atomic mass is 9.81. The summed E-state index contributed by atoms with van der Waals surface area (Å²) in [6.45, 7) is 4.93. The number of carbonyl (C=O) groups excluding carboxylic acids is 1. The van der Waals surface area contributed by atoms with Crippen molar-refractivity contribution in [1.29, 1.82) is 0 Å². The number of carbonyl (C=O) groups is 1. The molecule has 32 heavy (non-hydrogen) atoms. The highest BCUT2D eigenvalue weighted by Crippen LogP contribution is 2.32. The Balaban J connectivity index is 1.41. The number of likely N-dealkylation sites (tertiary alicyclic amines) is 1. The molecule has 1 saturated heterocycles. The monoisotopic (exact) mass is 436 g/mol. The number of methoxy groups -OCH3 is 1. The van der Waals surface area contributed by atoms with Crippen LogP contribution in [-0.4, -0.2) is 74.7 Å². The van der Waals surface area contributed by atoms with Crippen LogP contribution >= 0.6 is 0 Å². The highest BCUT2D eigenvalue weighted by molar-refractivity contribution is 5.82. The van der Waals surface area contributed by atoms with E-state index < -0.39 is 0 Å². The van der Waals surface area contributed by atoms with Gasteiger partial charge in [-0.25, -0.2) is 4.98 Å². The van der Waals surface area contributed by atoms with Crippen molar-refractivity contribution in [3.05, 3.63) is 48.0 Å². The molecule has 0 bridgehead atoms. The third kappa shape index (κ3) is 5.13. The molecule has 2 aliphatic heterocycles. The third-order valence-electron chi connectivity index (χ3n) is 6.88. The minimum absolute atomic E-state index is 0.104. The van der Waals surface area contributed by atoms with Crippen molar-refractivity contribution in [2.75, 3.05) is 58.9 Å². The number of ether oxygens (including phenoxy) is 1. The van der Waals surface area contributed by atoms with Gasteiger partial charge >= 0.3 is 0 Å². The Kier molecular flexibility index (Phi) is 7.43. The predicted molar refractivity (Wildman–Crippen MR) is 130 cm³/mol. The van der Waals surface area contributed by atoms with Gasteiger partial charge in [-0.15, -0.1) is 0 Å². The van der Waals surface area contributed by atoms with Gasteiger partial charge in [-0.2, -0.15) is 0 Å². The average Bonchev–Trinajstić information content (AvgIpc) is 2.99. The summed E-state index contributed by atoms with van der Waals surface area (Å²) in [4.78, 5) is 24.7. The molecule has 2 aromatic rings. The first kappa shape index (κ1) is 22.7. The van der Waals surface area contributed by atoms with E-state index in [-0.39, 0.29) is 5.92 Å². The van der Waals surface area contributed by atoms with E-state index in [2.05, 4.69) is 60.3 Å². The number of piperidine rings is 1. The van der Waals surface area contributed by atoms with Crippen LogP contribution in [0.3, 0.4) is 0 Å². The third-order valence-corrected chi connectivity index (χ3v) is 6.88. The first-order chi connectivity index (χ1) is 15.6. The average molecular weight is 437 g/mol. The van der Waals surface area contributed by atoms with Gasteiger partial charge < -0.3 is 14.5 Å². The number of hydrogen-bond acceptors (Lipinski definition) is 5. The zero-order chi connectivity index (χ0) is 22.5. The van der Waals surface area contributed by atoms with E-state index in [4.69, 9.17) is 9.72 Å². The zero-order valence-corrected chi connectivity index (χ0v) is 19.7. The van der Waals surface area contributed by atoms with Crippen molar-refractivity contribution in [2.24, 2.45) is 11.8 Å². The summed E-state index contributed by atoms with van der Waals surface area (Å²) >= 11 is 0. The molecule has 0 radical (unpaired) electrons. The maximum absolute atomic E-state index is 13.2. The molecule has 0 saturated carbocycles. The second-order valence-electron chi connectivity index (χ2n) is 9.26. The summed E-state index contributed by atoms with van der Waals surface area (Å²) in [5.74, 6) is 1.91. The smallest absolute Gasteiger partial charge is 0.226 e. The van der Waals surface area contributed by atoms with Crippen molar-refractivity contribution < 1.29 is 9.53 Å². The number of rotatable bonds is 7. The maximum Gasteiger partial charge on any atom is 0.226 e. The summed E-state index contributed by atoms with van der Waals surface area (Å²) < 4.78 is 5.21. The van der Waals surface area contributed by atoms with Gasteiger partial charge in [-0.05, 0) is 50.4 Å². The largest absolute Gasteiger partial charge is 0.383 e. The highest BCUT2D eigenvalue weighted by atomic mass is 16.5. The zero-order valence-electron chi connectivity index (χ0n) is 19.7. The van der Waals surface area contributed by atoms with E-state index in [1.54, 1.807) is 7.11 Å². The molecule has 0 N–H and O–H groups in total. The van der Waals surface area contributed by atoms with E-state index in [0.29, 0.717) is 31.5 Å². The lowest BCUT2D eigenvalue weighted by Crippen LogP contribution is -2.43. The summed E-state index contributed by atoms with van der Waals surface area (Å²) in [5.41, 5.74) is 2.31. The minimum Gasteiger partial charge on any atom is -0.383 e. The van der Waals surface area contributed by atoms with Gasteiger partial charge in [0.05, 0.1) is 12.1 Å². The quantitative estimate of drug-likeness (QED) is 0.621. The van der Waals surface area contributed by atoms with Crippen LogP contribution in [0.4, 0.5) is 5.82 Å². The molecule has 172 valence electrons. The molecule has 6 heteroatoms. The number of anilines is 1. The molecule has 0 spiro atoms. The van der Waals surface area contributed by atoms with Crippen LogP contribution in [0.25, 0.3) is 10.9 Å². The lowest BCUT2D eigenvalue weighted by molar-refractivity contribution is -0.137. The van der Waals surface area contributed by atoms with Crippen LogP contribution in [0, 0.1) is 11.8 Å². The van der Waals surface area contributed by atoms with E-state index in [1.165, 1.54) is 10.9 Å². The minimum atomic E-state index is 0.104. The number of hydrogen-bond donors (Lipinski definition) is 0. The van der Waals surface area contributed by atoms with Gasteiger partial charge in [0.1, 0.15) is 5.82 Å². The predicted octanol–water partition coefficient (Wildman–Crippen LogP) is 3.56. The molecule has 1 aromatic heterocycles. The SMILES string of the molecule is COCCN1CC=CCC(C2CCN(Cc3cc4ccccc4nc3N(C)C)CC2)C1=O. The van der Waals surface area contributed by atoms with E-state index in [0.717, 1.165) is 50.2 Å². The second-order valence-corrected chi connectivity index (χ2v) is 9.26. The molecule has 1 aromatic carbocycles. The lowest BCUT2D eigenvalue weighted by Gasteiger charge is -2.37. The summed E-state index contributed by atoms with van der Waals surface area (Å²) in [6, 6.07) is 10.6. The first-order valence-electron chi connectivity index (χ1n) is 11.8. The fourth-order valence-corrected chi connectivity index (χ4v) is 5.07. The van der Waals surface area contributed by atoms with Crippen molar-refractivity contribution in [3.8, 4) is 0 Å². The van der Waals surface area contributed by atoms with Crippen LogP contribution in [0.5, 0.6) is 0 Å². The standard InChI is InChI=1S/C26H36N4O2/c1-28(2)25-22(18-21-8-4-5-10-24(21)27-25)19-29-14-11-20(12-15-29)23-9-6-7-13-30(26(23)31)16-17-32-3/h4-8,10,18,20,23H,9,11-17,19H2,1-3H3. The van der Waals surface area contributed by atoms with Crippen LogP contribution in [0.2, 0.25) is 0 Å². The number of aromatic nitrogens is 1. The number of fused-ring (bicyclic) bond motifs is 1. The van der Waals surface area contributed by atoms with Gasteiger partial charge in [0.2, 0.25) is 5.91 Å². The Labute approximate surface area is 191 Å². The normalized spacial score (nSPS) is 20.7. The van der Waals surface area contributed by atoms with E-state index in [1.807, 2.05) is 11.0 Å². The molecule has 4 rings (SSSR count). The molecule has 0 aliphatic carbocycles. The highest BCUT2D eigenvalue weighted by Gasteiger charge is 2.34. The van der Waals surface area contributed by atoms with Gasteiger partial charge in [-0.1, -0.05) is 30.4 Å². The van der Waals surface area contributed by atoms with Gasteiger partial charge in [0.25, 0.3) is 0 Å². The number of allylic oxidation sites excluding steroid dienone is 1. The van der Waals surface area contributed by atoms with Crippen molar-refractivity contribution in [1.82, 2.24) is 14.8 Å². The molecule has 1 amide bonds. The van der Waals surface area contributed by atoms with E-state index in [9.17, 15) is 4.79 Å². The van der Waals surface area contributed by atoms with Crippen LogP contribution in [0.15, 0.2) is 42.5 Å². The molecule has 6 nitrogen and oxygen atoms in total. The summed E-state index contributed by atoms with van der Waals surface area (Å²) in [7, 11) is 5.82. The Morgan fingerprint density at radius 2 is 1.94 bits per heavy atom. The topological polar surface area (TPSA) is 48.9 Å². The number of benzene rings is 1. The van der Waals surface area contributed by atoms with Gasteiger partial charge in [0, 0.05) is 57.7 Å². The van der Waals surface area contributed by atoms with Crippen LogP contribution < -0.4 is 4.90 Å². The van der Waals surface area contributed by atoms with Gasteiger partial charge in [-0.3, -0.25) is 9.69 Å². The molecule has 3 heterocycles. The Bertz CT molecular complexity index is 950. The molecular weight excluding hydrogens is 400 g/mol. The van der Waals surface area contributed by atoms with Crippen molar-refractivity contribution in [3.63, 3.8) is 0 Å². The molecular formula is C26H36N4O2. The van der Waals surface area contributed by atoms with Crippen LogP contribution in [-0.2, 0) is 16.1 Å². The molecule has 1 atom stereocenters. The Morgan fingerprint density at radius 1 is 1.16 bits per heavy atom. The summed E-state index contributed by atoms with van der Waals surface area (Å²) in [6.07, 6.45) is 7.34. The fraction of sp³-hybridized carbons (Fsp3) is 0.538. The van der Waals surface area contributed by atoms with Crippen molar-refractivity contribution >= 4 is 22.6 Å². The Morgan fingerprint density at radius 3 is 2.69 bits per heavy atom. The van der Waals surface area contributed by atoms with Crippen LogP contribution in [0.1, 0.15) is 24.8 Å². The van der Waals surface area contributed by atoms with Gasteiger partial charge in [0.15, 0.2) is 0 Å². The molecule has 2 aliphatic rings. The molecule has 1 fully saturated rings. The number of nitrogens with zero attached hydrogens (tertiary/aromatic N) is 4. The number of amides is 1. The number of para-hydroxylation sites is 1. The molecule has 1 unspecified atom stereocenters. The number of pyridine rings is 1. The Hall–Kier alpha value is -2.44. The first-order valence-corrected chi connectivity index (χ1v) is 11.8. The maximum atomic E-state index is 13.2. The van der Waals surface area contributed by atoms with E-state index >= 15 is 0 Å². The second kappa shape index (κ2) is 10.5. The fourth-order valence-electron chi connectivity index (χ4n) is 5.07. The van der Waals surface area contributed by atoms with Crippen molar-refractivity contribution in [2.45, 2.75) is 25.8 Å².